The largest absolute Gasteiger partial charge is 0.361 e. The Kier molecular flexibility index (Phi) is 2.20. The van der Waals surface area contributed by atoms with Crippen molar-refractivity contribution in [3.63, 3.8) is 0 Å². The van der Waals surface area contributed by atoms with Crippen molar-refractivity contribution in [1.82, 2.24) is 4.98 Å². The van der Waals surface area contributed by atoms with Crippen LogP contribution in [0.15, 0.2) is 30.5 Å². The summed E-state index contributed by atoms with van der Waals surface area (Å²) in [4.78, 5) is 14.1. The van der Waals surface area contributed by atoms with Crippen molar-refractivity contribution in [2.75, 3.05) is 11.9 Å². The third-order valence-corrected chi connectivity index (χ3v) is 2.02. The van der Waals surface area contributed by atoms with Gasteiger partial charge < -0.3 is 16.0 Å². The van der Waals surface area contributed by atoms with Crippen LogP contribution in [0.5, 0.6) is 0 Å². The second-order valence-corrected chi connectivity index (χ2v) is 3.03. The number of carbonyl (C=O) groups excluding carboxylic acids is 1. The standard InChI is InChI=1S/C10H11N3O/c11-6-10(14)13-8-1-2-9-7(5-8)3-4-12-9/h1-5,12H,6,11H2,(H,13,14). The molecule has 1 aromatic carbocycles. The molecular formula is C10H11N3O. The van der Waals surface area contributed by atoms with Crippen LogP contribution in [0.4, 0.5) is 5.69 Å². The highest BCUT2D eigenvalue weighted by Crippen LogP contribution is 2.17. The van der Waals surface area contributed by atoms with Gasteiger partial charge in [-0.25, -0.2) is 0 Å². The number of nitrogens with two attached hydrogens (primary N) is 1. The van der Waals surface area contributed by atoms with E-state index in [2.05, 4.69) is 10.3 Å². The highest BCUT2D eigenvalue weighted by Gasteiger charge is 2.00. The lowest BCUT2D eigenvalue weighted by atomic mass is 10.2. The van der Waals surface area contributed by atoms with Gasteiger partial charge in [-0.2, -0.15) is 0 Å². The molecule has 0 bridgehead atoms. The van der Waals surface area contributed by atoms with Gasteiger partial charge in [0.25, 0.3) is 0 Å². The third-order valence-electron chi connectivity index (χ3n) is 2.02. The molecule has 72 valence electrons. The summed E-state index contributed by atoms with van der Waals surface area (Å²) in [6, 6.07) is 7.61. The summed E-state index contributed by atoms with van der Waals surface area (Å²) in [5.74, 6) is -0.181. The summed E-state index contributed by atoms with van der Waals surface area (Å²) in [5, 5.41) is 3.76. The predicted molar refractivity (Wildman–Crippen MR) is 56.0 cm³/mol. The lowest BCUT2D eigenvalue weighted by Crippen LogP contribution is -2.21. The zero-order valence-corrected chi connectivity index (χ0v) is 7.58. The molecule has 14 heavy (non-hydrogen) atoms. The number of aromatic amines is 1. The zero-order valence-electron chi connectivity index (χ0n) is 7.58. The molecule has 0 spiro atoms. The number of benzene rings is 1. The number of amides is 1. The topological polar surface area (TPSA) is 70.9 Å². The number of H-pyrrole nitrogens is 1. The van der Waals surface area contributed by atoms with Crippen molar-refractivity contribution < 1.29 is 4.79 Å². The highest BCUT2D eigenvalue weighted by atomic mass is 16.1. The van der Waals surface area contributed by atoms with Crippen LogP contribution in [0, 0.1) is 0 Å². The number of anilines is 1. The van der Waals surface area contributed by atoms with E-state index in [1.807, 2.05) is 30.5 Å². The maximum atomic E-state index is 11.0. The quantitative estimate of drug-likeness (QED) is 0.661. The molecular weight excluding hydrogens is 178 g/mol. The molecule has 0 fully saturated rings. The number of carbonyl (C=O) groups is 1. The fraction of sp³-hybridized carbons (Fsp3) is 0.100. The minimum atomic E-state index is -0.181. The third kappa shape index (κ3) is 1.60. The Morgan fingerprint density at radius 2 is 2.29 bits per heavy atom. The molecule has 0 aliphatic rings. The van der Waals surface area contributed by atoms with Gasteiger partial charge in [0.05, 0.1) is 6.54 Å². The number of nitrogens with one attached hydrogen (secondary N) is 2. The van der Waals surface area contributed by atoms with E-state index in [0.29, 0.717) is 0 Å². The van der Waals surface area contributed by atoms with Crippen LogP contribution < -0.4 is 11.1 Å². The van der Waals surface area contributed by atoms with Crippen LogP contribution in [0.2, 0.25) is 0 Å². The Hall–Kier alpha value is -1.81. The lowest BCUT2D eigenvalue weighted by Gasteiger charge is -2.02. The molecule has 0 atom stereocenters. The number of aromatic nitrogens is 1. The van der Waals surface area contributed by atoms with E-state index < -0.39 is 0 Å². The van der Waals surface area contributed by atoms with E-state index in [1.165, 1.54) is 0 Å². The van der Waals surface area contributed by atoms with Gasteiger partial charge in [0.2, 0.25) is 5.91 Å². The Labute approximate surface area is 81.1 Å². The first-order chi connectivity index (χ1) is 6.79. The first-order valence-electron chi connectivity index (χ1n) is 4.36. The van der Waals surface area contributed by atoms with Crippen molar-refractivity contribution in [1.29, 1.82) is 0 Å². The first kappa shape index (κ1) is 8.77. The Bertz CT molecular complexity index is 461. The molecule has 0 aliphatic carbocycles. The molecule has 1 aromatic heterocycles. The van der Waals surface area contributed by atoms with Crippen molar-refractivity contribution in [3.05, 3.63) is 30.5 Å². The molecule has 0 aliphatic heterocycles. The summed E-state index contributed by atoms with van der Waals surface area (Å²) < 4.78 is 0. The van der Waals surface area contributed by atoms with Crippen molar-refractivity contribution >= 4 is 22.5 Å². The normalized spacial score (nSPS) is 10.4. The average molecular weight is 189 g/mol. The van der Waals surface area contributed by atoms with Gasteiger partial charge in [0, 0.05) is 22.8 Å². The Balaban J connectivity index is 2.30. The Morgan fingerprint density at radius 1 is 1.43 bits per heavy atom. The smallest absolute Gasteiger partial charge is 0.238 e. The SMILES string of the molecule is NCC(=O)Nc1ccc2[nH]ccc2c1. The summed E-state index contributed by atoms with van der Waals surface area (Å²) in [5.41, 5.74) is 7.02. The minimum absolute atomic E-state index is 0.00513. The highest BCUT2D eigenvalue weighted by molar-refractivity contribution is 5.94. The van der Waals surface area contributed by atoms with E-state index in [4.69, 9.17) is 5.73 Å². The molecule has 4 nitrogen and oxygen atoms in total. The summed E-state index contributed by atoms with van der Waals surface area (Å²) in [6.45, 7) is 0.00513. The van der Waals surface area contributed by atoms with Crippen LogP contribution in [0.25, 0.3) is 10.9 Å². The molecule has 4 N–H and O–H groups in total. The van der Waals surface area contributed by atoms with Gasteiger partial charge in [-0.3, -0.25) is 4.79 Å². The van der Waals surface area contributed by atoms with Crippen molar-refractivity contribution in [2.24, 2.45) is 5.73 Å². The molecule has 0 unspecified atom stereocenters. The van der Waals surface area contributed by atoms with Gasteiger partial charge in [-0.1, -0.05) is 0 Å². The van der Waals surface area contributed by atoms with E-state index >= 15 is 0 Å². The van der Waals surface area contributed by atoms with E-state index in [0.717, 1.165) is 16.6 Å². The van der Waals surface area contributed by atoms with Gasteiger partial charge in [0.1, 0.15) is 0 Å². The molecule has 1 amide bonds. The fourth-order valence-electron chi connectivity index (χ4n) is 1.34. The molecule has 1 heterocycles. The van der Waals surface area contributed by atoms with Crippen molar-refractivity contribution in [3.8, 4) is 0 Å². The van der Waals surface area contributed by atoms with Gasteiger partial charge in [0.15, 0.2) is 0 Å². The van der Waals surface area contributed by atoms with Crippen LogP contribution in [0.1, 0.15) is 0 Å². The maximum absolute atomic E-state index is 11.0. The van der Waals surface area contributed by atoms with Gasteiger partial charge in [-0.15, -0.1) is 0 Å². The summed E-state index contributed by atoms with van der Waals surface area (Å²) in [6.07, 6.45) is 1.86. The van der Waals surface area contributed by atoms with Gasteiger partial charge >= 0.3 is 0 Å². The molecule has 2 rings (SSSR count). The molecule has 0 saturated carbocycles. The second kappa shape index (κ2) is 3.51. The molecule has 0 saturated heterocycles. The monoisotopic (exact) mass is 189 g/mol. The van der Waals surface area contributed by atoms with E-state index in [9.17, 15) is 4.79 Å². The van der Waals surface area contributed by atoms with Crippen LogP contribution >= 0.6 is 0 Å². The van der Waals surface area contributed by atoms with Gasteiger partial charge in [-0.05, 0) is 24.3 Å². The minimum Gasteiger partial charge on any atom is -0.361 e. The first-order valence-corrected chi connectivity index (χ1v) is 4.36. The van der Waals surface area contributed by atoms with Crippen LogP contribution in [-0.4, -0.2) is 17.4 Å². The molecule has 2 aromatic rings. The average Bonchev–Trinajstić information content (AvgIpc) is 2.64. The number of rotatable bonds is 2. The van der Waals surface area contributed by atoms with Crippen LogP contribution in [0.3, 0.4) is 0 Å². The zero-order chi connectivity index (χ0) is 9.97. The molecule has 0 radical (unpaired) electrons. The number of hydrogen-bond donors (Lipinski definition) is 3. The lowest BCUT2D eigenvalue weighted by molar-refractivity contribution is -0.114. The van der Waals surface area contributed by atoms with Crippen LogP contribution in [-0.2, 0) is 4.79 Å². The second-order valence-electron chi connectivity index (χ2n) is 3.03. The maximum Gasteiger partial charge on any atom is 0.238 e. The van der Waals surface area contributed by atoms with Crippen molar-refractivity contribution in [2.45, 2.75) is 0 Å². The number of hydrogen-bond acceptors (Lipinski definition) is 2. The summed E-state index contributed by atoms with van der Waals surface area (Å²) >= 11 is 0. The summed E-state index contributed by atoms with van der Waals surface area (Å²) in [7, 11) is 0. The molecule has 4 heteroatoms. The predicted octanol–water partition coefficient (Wildman–Crippen LogP) is 1.07. The van der Waals surface area contributed by atoms with E-state index in [-0.39, 0.29) is 12.5 Å². The fourth-order valence-corrected chi connectivity index (χ4v) is 1.34. The Morgan fingerprint density at radius 3 is 3.07 bits per heavy atom. The number of fused-ring (bicyclic) bond motifs is 1. The van der Waals surface area contributed by atoms with E-state index in [1.54, 1.807) is 0 Å².